The monoisotopic (exact) mass is 478 g/mol. The Hall–Kier alpha value is -3.68. The third kappa shape index (κ3) is 6.26. The molecule has 3 aromatic rings. The van der Waals surface area contributed by atoms with Gasteiger partial charge in [0, 0.05) is 25.2 Å². The molecule has 0 bridgehead atoms. The van der Waals surface area contributed by atoms with Crippen LogP contribution in [0.4, 0.5) is 10.2 Å². The van der Waals surface area contributed by atoms with Gasteiger partial charge >= 0.3 is 0 Å². The Balaban J connectivity index is 1.35. The number of rotatable bonds is 9. The minimum atomic E-state index is -0.284. The molecule has 1 saturated heterocycles. The largest absolute Gasteiger partial charge is 0.490 e. The SMILES string of the molecule is CCOc1ccc(CNC(=O)[C@@H]2CCCN(c3ccc(-c4ccc(F)cc4)nn3)C2)cc1OCC. The quantitative estimate of drug-likeness (QED) is 0.484. The Bertz CT molecular complexity index is 1120. The van der Waals surface area contributed by atoms with Crippen LogP contribution in [0.2, 0.25) is 0 Å². The summed E-state index contributed by atoms with van der Waals surface area (Å²) in [6.07, 6.45) is 1.73. The van der Waals surface area contributed by atoms with E-state index in [9.17, 15) is 9.18 Å². The summed E-state index contributed by atoms with van der Waals surface area (Å²) >= 11 is 0. The number of amides is 1. The van der Waals surface area contributed by atoms with Gasteiger partial charge in [-0.1, -0.05) is 6.07 Å². The van der Waals surface area contributed by atoms with Gasteiger partial charge in [0.05, 0.1) is 24.8 Å². The average Bonchev–Trinajstić information content (AvgIpc) is 2.89. The van der Waals surface area contributed by atoms with Gasteiger partial charge in [-0.3, -0.25) is 4.79 Å². The number of hydrogen-bond donors (Lipinski definition) is 1. The summed E-state index contributed by atoms with van der Waals surface area (Å²) < 4.78 is 24.5. The lowest BCUT2D eigenvalue weighted by atomic mass is 9.97. The lowest BCUT2D eigenvalue weighted by Gasteiger charge is -2.32. The number of hydrogen-bond acceptors (Lipinski definition) is 6. The molecule has 0 unspecified atom stereocenters. The lowest BCUT2D eigenvalue weighted by Crippen LogP contribution is -2.43. The molecule has 1 aromatic heterocycles. The summed E-state index contributed by atoms with van der Waals surface area (Å²) in [7, 11) is 0. The number of anilines is 1. The highest BCUT2D eigenvalue weighted by atomic mass is 19.1. The van der Waals surface area contributed by atoms with Gasteiger partial charge in [-0.25, -0.2) is 4.39 Å². The van der Waals surface area contributed by atoms with Crippen molar-refractivity contribution in [2.24, 2.45) is 5.92 Å². The lowest BCUT2D eigenvalue weighted by molar-refractivity contribution is -0.125. The molecule has 2 heterocycles. The maximum atomic E-state index is 13.2. The van der Waals surface area contributed by atoms with Crippen molar-refractivity contribution >= 4 is 11.7 Å². The Morgan fingerprint density at radius 3 is 2.51 bits per heavy atom. The molecule has 35 heavy (non-hydrogen) atoms. The van der Waals surface area contributed by atoms with Crippen molar-refractivity contribution in [2.45, 2.75) is 33.2 Å². The molecule has 1 atom stereocenters. The molecular formula is C27H31FN4O3. The Labute approximate surface area is 205 Å². The van der Waals surface area contributed by atoms with E-state index >= 15 is 0 Å². The number of halogens is 1. The molecule has 0 spiro atoms. The molecule has 1 N–H and O–H groups in total. The number of ether oxygens (including phenoxy) is 2. The molecular weight excluding hydrogens is 447 g/mol. The highest BCUT2D eigenvalue weighted by molar-refractivity contribution is 5.79. The molecule has 0 aliphatic carbocycles. The fourth-order valence-electron chi connectivity index (χ4n) is 4.21. The molecule has 2 aromatic carbocycles. The number of nitrogens with zero attached hydrogens (tertiary/aromatic N) is 3. The first-order valence-electron chi connectivity index (χ1n) is 12.1. The molecule has 8 heteroatoms. The van der Waals surface area contributed by atoms with Crippen LogP contribution in [0.5, 0.6) is 11.5 Å². The van der Waals surface area contributed by atoms with E-state index in [1.165, 1.54) is 12.1 Å². The van der Waals surface area contributed by atoms with E-state index in [1.54, 1.807) is 12.1 Å². The van der Waals surface area contributed by atoms with Crippen molar-refractivity contribution in [1.29, 1.82) is 0 Å². The Morgan fingerprint density at radius 1 is 1.03 bits per heavy atom. The fraction of sp³-hybridized carbons (Fsp3) is 0.370. The first kappa shape index (κ1) is 24.4. The topological polar surface area (TPSA) is 76.6 Å². The number of nitrogens with one attached hydrogen (secondary N) is 1. The van der Waals surface area contributed by atoms with Gasteiger partial charge in [-0.15, -0.1) is 10.2 Å². The van der Waals surface area contributed by atoms with Crippen LogP contribution in [0.1, 0.15) is 32.3 Å². The smallest absolute Gasteiger partial charge is 0.225 e. The Kier molecular flexibility index (Phi) is 8.13. The van der Waals surface area contributed by atoms with Crippen molar-refractivity contribution in [1.82, 2.24) is 15.5 Å². The third-order valence-electron chi connectivity index (χ3n) is 5.98. The van der Waals surface area contributed by atoms with Crippen LogP contribution >= 0.6 is 0 Å². The van der Waals surface area contributed by atoms with Crippen LogP contribution in [0.15, 0.2) is 54.6 Å². The normalized spacial score (nSPS) is 15.5. The van der Waals surface area contributed by atoms with Gasteiger partial charge in [-0.05, 0) is 80.8 Å². The number of aromatic nitrogens is 2. The second kappa shape index (κ2) is 11.6. The molecule has 1 fully saturated rings. The maximum Gasteiger partial charge on any atom is 0.225 e. The third-order valence-corrected chi connectivity index (χ3v) is 5.98. The van der Waals surface area contributed by atoms with Crippen molar-refractivity contribution in [2.75, 3.05) is 31.2 Å². The van der Waals surface area contributed by atoms with Crippen molar-refractivity contribution in [3.05, 3.63) is 66.0 Å². The summed E-state index contributed by atoms with van der Waals surface area (Å²) in [5.74, 6) is 1.75. The summed E-state index contributed by atoms with van der Waals surface area (Å²) in [5, 5.41) is 11.7. The molecule has 1 amide bonds. The fourth-order valence-corrected chi connectivity index (χ4v) is 4.21. The van der Waals surface area contributed by atoms with E-state index in [1.807, 2.05) is 44.2 Å². The molecule has 1 aliphatic heterocycles. The van der Waals surface area contributed by atoms with E-state index in [-0.39, 0.29) is 17.6 Å². The maximum absolute atomic E-state index is 13.2. The highest BCUT2D eigenvalue weighted by Crippen LogP contribution is 2.29. The van der Waals surface area contributed by atoms with Crippen LogP contribution in [0.25, 0.3) is 11.3 Å². The van der Waals surface area contributed by atoms with Gasteiger partial charge in [-0.2, -0.15) is 0 Å². The van der Waals surface area contributed by atoms with Crippen LogP contribution in [0.3, 0.4) is 0 Å². The van der Waals surface area contributed by atoms with Crippen LogP contribution in [-0.4, -0.2) is 42.4 Å². The molecule has 184 valence electrons. The number of carbonyl (C=O) groups is 1. The van der Waals surface area contributed by atoms with Crippen molar-refractivity contribution in [3.8, 4) is 22.8 Å². The van der Waals surface area contributed by atoms with Crippen molar-refractivity contribution in [3.63, 3.8) is 0 Å². The van der Waals surface area contributed by atoms with E-state index in [0.717, 1.165) is 36.3 Å². The number of benzene rings is 2. The number of carbonyl (C=O) groups excluding carboxylic acids is 1. The van der Waals surface area contributed by atoms with Gasteiger partial charge < -0.3 is 19.7 Å². The number of piperidine rings is 1. The summed E-state index contributed by atoms with van der Waals surface area (Å²) in [4.78, 5) is 15.0. The van der Waals surface area contributed by atoms with Gasteiger partial charge in [0.15, 0.2) is 17.3 Å². The molecule has 0 saturated carbocycles. The van der Waals surface area contributed by atoms with E-state index in [2.05, 4.69) is 20.4 Å². The van der Waals surface area contributed by atoms with E-state index < -0.39 is 0 Å². The molecule has 0 radical (unpaired) electrons. The zero-order valence-electron chi connectivity index (χ0n) is 20.2. The zero-order valence-corrected chi connectivity index (χ0v) is 20.2. The predicted octanol–water partition coefficient (Wildman–Crippen LogP) is 4.61. The Morgan fingerprint density at radius 2 is 1.80 bits per heavy atom. The molecule has 1 aliphatic rings. The van der Waals surface area contributed by atoms with Gasteiger partial charge in [0.25, 0.3) is 0 Å². The summed E-state index contributed by atoms with van der Waals surface area (Å²) in [5.41, 5.74) is 2.45. The average molecular weight is 479 g/mol. The zero-order chi connectivity index (χ0) is 24.6. The van der Waals surface area contributed by atoms with Gasteiger partial charge in [0.2, 0.25) is 5.91 Å². The second-order valence-electron chi connectivity index (χ2n) is 8.43. The van der Waals surface area contributed by atoms with Crippen molar-refractivity contribution < 1.29 is 18.7 Å². The standard InChI is InChI=1S/C27H31FN4O3/c1-3-34-24-13-7-19(16-25(24)35-4-2)17-29-27(33)21-6-5-15-32(18-21)26-14-12-23(30-31-26)20-8-10-22(28)11-9-20/h7-14,16,21H,3-6,15,17-18H2,1-2H3,(H,29,33)/t21-/m1/s1. The van der Waals surface area contributed by atoms with Crippen LogP contribution in [-0.2, 0) is 11.3 Å². The van der Waals surface area contributed by atoms with E-state index in [0.29, 0.717) is 43.5 Å². The molecule has 4 rings (SSSR count). The highest BCUT2D eigenvalue weighted by Gasteiger charge is 2.26. The molecule has 7 nitrogen and oxygen atoms in total. The first-order valence-corrected chi connectivity index (χ1v) is 12.1. The first-order chi connectivity index (χ1) is 17.1. The summed E-state index contributed by atoms with van der Waals surface area (Å²) in [6, 6.07) is 15.7. The second-order valence-corrected chi connectivity index (χ2v) is 8.43. The predicted molar refractivity (Wildman–Crippen MR) is 133 cm³/mol. The minimum absolute atomic E-state index is 0.0254. The van der Waals surface area contributed by atoms with Crippen LogP contribution in [0, 0.1) is 11.7 Å². The van der Waals surface area contributed by atoms with E-state index in [4.69, 9.17) is 9.47 Å². The van der Waals surface area contributed by atoms with Crippen LogP contribution < -0.4 is 19.7 Å². The van der Waals surface area contributed by atoms with Gasteiger partial charge in [0.1, 0.15) is 5.82 Å². The summed E-state index contributed by atoms with van der Waals surface area (Å²) in [6.45, 7) is 6.81. The minimum Gasteiger partial charge on any atom is -0.490 e.